The number of phenolic OH excluding ortho intramolecular Hbond substituents is 2. The molecule has 696 valence electrons. The summed E-state index contributed by atoms with van der Waals surface area (Å²) in [5.74, 6) is -0.701. The molecule has 0 aromatic heterocycles. The number of ether oxygens (including phenoxy) is 6. The Balaban J connectivity index is 0.000000293. The van der Waals surface area contributed by atoms with Crippen molar-refractivity contribution in [1.82, 2.24) is 0 Å². The quantitative estimate of drug-likeness (QED) is 0.0214. The molecule has 138 heavy (non-hydrogen) atoms. The van der Waals surface area contributed by atoms with Crippen molar-refractivity contribution in [2.75, 3.05) is 83.6 Å². The molecule has 14 aromatic rings. The van der Waals surface area contributed by atoms with Crippen molar-refractivity contribution in [3.63, 3.8) is 0 Å². The summed E-state index contributed by atoms with van der Waals surface area (Å²) in [6.45, 7) is 4.77. The molecule has 2 aliphatic rings. The molecule has 2 heterocycles. The van der Waals surface area contributed by atoms with Crippen LogP contribution in [0.25, 0.3) is 0 Å². The van der Waals surface area contributed by atoms with Crippen LogP contribution in [0.1, 0.15) is 5.56 Å². The van der Waals surface area contributed by atoms with Gasteiger partial charge in [-0.1, -0.05) is 17.7 Å². The fourth-order valence-electron chi connectivity index (χ4n) is 13.1. The van der Waals surface area contributed by atoms with Crippen LogP contribution in [-0.2, 0) is 60.6 Å². The Labute approximate surface area is 964 Å². The number of aryl methyl sites for hydroxylation is 1. The zero-order valence-electron chi connectivity index (χ0n) is 74.2. The Bertz CT molecular complexity index is 7030. The summed E-state index contributed by atoms with van der Waals surface area (Å²) in [7, 11) is -22.4. The summed E-state index contributed by atoms with van der Waals surface area (Å²) < 4.78 is 280. The number of hydrogen-bond acceptors (Lipinski definition) is 30. The molecular formula is C93H75F5K4N6O24S6. The molecule has 0 amide bonds. The zero-order chi connectivity index (χ0) is 96.4. The van der Waals surface area contributed by atoms with Gasteiger partial charge in [0.25, 0.3) is 0 Å². The molecule has 45 heteroatoms. The van der Waals surface area contributed by atoms with E-state index in [-0.39, 0.29) is 289 Å². The number of anilines is 6. The minimum atomic E-state index is -5.09. The topological polar surface area (TPSA) is 406 Å². The van der Waals surface area contributed by atoms with E-state index in [1.54, 1.807) is 122 Å². The van der Waals surface area contributed by atoms with E-state index in [0.29, 0.717) is 63.3 Å². The van der Waals surface area contributed by atoms with Crippen LogP contribution in [0.4, 0.5) is 56.1 Å². The molecule has 0 spiro atoms. The SMILES string of the molecule is COc1c[c-]c(Oc2ccc(N3CN(c4ccc(Oc5ccc(OC)cc5S(=O)(=O)[O-])cc4)CN(c4ccc(Oc5ccc(Oc6ccc(S(=O)(=O)c7ccc(C)cc7)cc6)cc5S(=O)(=O)[O-])cc4)C3)cc2)cc1.Fc1ccc(N2CN(c3ccc(F)cc3)CN(c3ccc(F)cc3)C2)cc1.O=S(=O)([O-])c1cc(O)ccc1O.O=S(=O)(c1ccc(F)cc1)c1ccc(F)cc1.O=S(=O)=O.[K+].[K+].[K+].[K+]. The van der Waals surface area contributed by atoms with Gasteiger partial charge in [0.1, 0.15) is 127 Å². The average molecular weight is 2100 g/mol. The largest absolute Gasteiger partial charge is 1.00 e. The molecule has 2 saturated heterocycles. The average Bonchev–Trinajstić information content (AvgIpc) is 0.845. The van der Waals surface area contributed by atoms with Crippen LogP contribution < -0.4 is 263 Å². The van der Waals surface area contributed by atoms with Crippen LogP contribution in [-0.4, -0.2) is 133 Å². The molecule has 16 rings (SSSR count). The fourth-order valence-corrected chi connectivity index (χ4v) is 17.4. The van der Waals surface area contributed by atoms with Gasteiger partial charge in [-0.25, -0.2) is 64.0 Å². The van der Waals surface area contributed by atoms with Gasteiger partial charge in [0, 0.05) is 63.8 Å². The van der Waals surface area contributed by atoms with Crippen LogP contribution in [0.15, 0.2) is 350 Å². The maximum absolute atomic E-state index is 13.3. The normalized spacial score (nSPS) is 12.4. The second-order valence-electron chi connectivity index (χ2n) is 28.8. The Kier molecular flexibility index (Phi) is 43.4. The molecular weight excluding hydrogens is 2030 g/mol. The number of hydrogen-bond donors (Lipinski definition) is 2. The van der Waals surface area contributed by atoms with Gasteiger partial charge in [-0.15, -0.1) is 36.9 Å². The molecule has 2 N–H and O–H groups in total. The molecule has 0 unspecified atom stereocenters. The number of phenols is 2. The number of benzene rings is 14. The minimum absolute atomic E-state index is 0. The summed E-state index contributed by atoms with van der Waals surface area (Å²) in [6.07, 6.45) is 0. The summed E-state index contributed by atoms with van der Waals surface area (Å²) in [5, 5.41) is 17.7. The van der Waals surface area contributed by atoms with E-state index in [9.17, 15) is 77.7 Å². The molecule has 0 atom stereocenters. The van der Waals surface area contributed by atoms with Gasteiger partial charge >= 0.3 is 216 Å². The predicted octanol–water partition coefficient (Wildman–Crippen LogP) is 4.95. The van der Waals surface area contributed by atoms with Gasteiger partial charge < -0.3 is 81.7 Å². The number of nitrogens with zero attached hydrogens (tertiary/aromatic N) is 6. The van der Waals surface area contributed by atoms with Crippen molar-refractivity contribution >= 4 is 94.8 Å². The van der Waals surface area contributed by atoms with E-state index >= 15 is 0 Å². The van der Waals surface area contributed by atoms with Crippen LogP contribution in [0.5, 0.6) is 69.0 Å². The number of rotatable bonds is 23. The van der Waals surface area contributed by atoms with Crippen molar-refractivity contribution in [2.45, 2.75) is 41.2 Å². The van der Waals surface area contributed by atoms with E-state index in [4.69, 9.17) is 51.3 Å². The third-order valence-electron chi connectivity index (χ3n) is 19.7. The zero-order valence-corrected chi connectivity index (χ0v) is 91.6. The van der Waals surface area contributed by atoms with E-state index in [1.807, 2.05) is 31.2 Å². The summed E-state index contributed by atoms with van der Waals surface area (Å²) >= 11 is 0. The molecule has 2 fully saturated rings. The molecule has 14 aromatic carbocycles. The van der Waals surface area contributed by atoms with Gasteiger partial charge in [-0.3, -0.25) is 0 Å². The van der Waals surface area contributed by atoms with E-state index < -0.39 is 92.7 Å². The summed E-state index contributed by atoms with van der Waals surface area (Å²) in [4.78, 5) is 10.6. The van der Waals surface area contributed by atoms with Gasteiger partial charge in [0.05, 0.1) is 78.7 Å². The molecule has 0 radical (unpaired) electrons. The van der Waals surface area contributed by atoms with Gasteiger partial charge in [-0.05, 0) is 274 Å². The third-order valence-corrected chi connectivity index (χ3v) is 25.8. The van der Waals surface area contributed by atoms with Crippen molar-refractivity contribution in [3.8, 4) is 69.0 Å². The summed E-state index contributed by atoms with van der Waals surface area (Å²) in [5.41, 5.74) is 5.91. The van der Waals surface area contributed by atoms with Gasteiger partial charge in [0.15, 0.2) is 0 Å². The Morgan fingerprint density at radius 2 is 0.558 bits per heavy atom. The first kappa shape index (κ1) is 115. The monoisotopic (exact) mass is 2100 g/mol. The van der Waals surface area contributed by atoms with Crippen LogP contribution >= 0.6 is 0 Å². The fraction of sp³-hybridized carbons (Fsp3) is 0.0968. The van der Waals surface area contributed by atoms with Crippen molar-refractivity contribution in [1.29, 1.82) is 0 Å². The van der Waals surface area contributed by atoms with E-state index in [0.717, 1.165) is 88.2 Å². The Hall–Kier alpha value is -8.27. The Morgan fingerprint density at radius 1 is 0.304 bits per heavy atom. The molecule has 30 nitrogen and oxygen atoms in total. The first-order valence-corrected chi connectivity index (χ1v) is 47.3. The number of sulfone groups is 2. The minimum Gasteiger partial charge on any atom is -0.744 e. The number of halogens is 5. The molecule has 0 bridgehead atoms. The first-order valence-electron chi connectivity index (χ1n) is 39.1. The van der Waals surface area contributed by atoms with E-state index in [1.165, 1.54) is 128 Å². The third kappa shape index (κ3) is 32.6. The van der Waals surface area contributed by atoms with Crippen molar-refractivity contribution < 1.29 is 334 Å². The van der Waals surface area contributed by atoms with E-state index in [2.05, 4.69) is 35.5 Å². The molecule has 0 saturated carbocycles. The van der Waals surface area contributed by atoms with Gasteiger partial charge in [0.2, 0.25) is 19.7 Å². The second kappa shape index (κ2) is 52.1. The van der Waals surface area contributed by atoms with Crippen molar-refractivity contribution in [3.05, 3.63) is 356 Å². The maximum Gasteiger partial charge on any atom is 1.00 e. The number of aromatic hydroxyl groups is 2. The predicted molar refractivity (Wildman–Crippen MR) is 479 cm³/mol. The second-order valence-corrected chi connectivity index (χ2v) is 37.2. The van der Waals surface area contributed by atoms with Crippen molar-refractivity contribution in [2.24, 2.45) is 0 Å². The van der Waals surface area contributed by atoms with Gasteiger partial charge in [-0.2, -0.15) is 0 Å². The smallest absolute Gasteiger partial charge is 0.744 e. The number of methoxy groups -OCH3 is 2. The van der Waals surface area contributed by atoms with Crippen LogP contribution in [0.3, 0.4) is 0 Å². The standard InChI is InChI=1S/C54H46N3O14S3.C21H18F3N3.C12H8F2O2S.C6H6O5S.4K.O3S/c1-37-4-26-49(27-5-37)72(58,59)50-28-22-44(23-29-50)69-48-25-31-52(54(33-48)74(63,64)65)71-46-16-10-40(11-17-46)57-35-55(38-6-12-42(13-7-38)68-43-20-18-41(66-2)19-21-43)34-56(36-57)39-8-14-45(15-9-39)70-51-30-24-47(67-3)32-53(51)73(60,61)62;22-16-1-7-19(8-2-16)25-13-26(20-9-3-17(23)4-10-20)15-27(14-25)21-11-5-18(24)6-12-21;13-9-1-5-11(6-2-9)17(15,16)12-7-3-10(14)4-8-12;7-4-1-2-5(8)6(3-4)12(9,10)11;;;;;1-4(2)3/h4-20,22-33H,34-36H2,1-3H3,(H,60,61,62)(H,63,64,65);1-12H,13-15H2;1-8H;1-3,7-8H,(H,9,10,11);;;;;/q-1;;;;4*+1;/p-3. The first-order chi connectivity index (χ1) is 63.6. The summed E-state index contributed by atoms with van der Waals surface area (Å²) in [6, 6.07) is 79.9. The Morgan fingerprint density at radius 3 is 0.855 bits per heavy atom. The van der Waals surface area contributed by atoms with Crippen LogP contribution in [0.2, 0.25) is 0 Å². The molecule has 0 aliphatic carbocycles. The maximum atomic E-state index is 13.3. The molecule has 2 aliphatic heterocycles. The van der Waals surface area contributed by atoms with Crippen LogP contribution in [0, 0.1) is 42.1 Å².